The van der Waals surface area contributed by atoms with Crippen LogP contribution in [0.2, 0.25) is 0 Å². The summed E-state index contributed by atoms with van der Waals surface area (Å²) in [6.07, 6.45) is 6.45. The van der Waals surface area contributed by atoms with Crippen molar-refractivity contribution in [2.75, 3.05) is 0 Å². The molecule has 0 atom stereocenters. The van der Waals surface area contributed by atoms with Gasteiger partial charge in [-0.2, -0.15) is 0 Å². The first-order valence-electron chi connectivity index (χ1n) is 3.08. The van der Waals surface area contributed by atoms with Gasteiger partial charge in [0.15, 0.2) is 0 Å². The number of nitrogens with one attached hydrogen (secondary N) is 1. The first-order valence-corrected chi connectivity index (χ1v) is 4.15. The highest BCUT2D eigenvalue weighted by molar-refractivity contribution is 14.1. The van der Waals surface area contributed by atoms with Crippen LogP contribution in [-0.2, 0) is 6.54 Å². The molecule has 1 rings (SSSR count). The van der Waals surface area contributed by atoms with E-state index in [9.17, 15) is 9.59 Å². The third-order valence-corrected chi connectivity index (χ3v) is 2.00. The van der Waals surface area contributed by atoms with Gasteiger partial charge in [-0.1, -0.05) is 5.92 Å². The zero-order valence-corrected chi connectivity index (χ0v) is 8.16. The molecule has 0 bridgehead atoms. The van der Waals surface area contributed by atoms with E-state index in [0.717, 1.165) is 0 Å². The summed E-state index contributed by atoms with van der Waals surface area (Å²) < 4.78 is 1.71. The summed E-state index contributed by atoms with van der Waals surface area (Å²) in [5, 5.41) is 0. The highest BCUT2D eigenvalue weighted by atomic mass is 127. The molecular formula is C7H5IN2O2. The van der Waals surface area contributed by atoms with Gasteiger partial charge in [-0.3, -0.25) is 14.3 Å². The lowest BCUT2D eigenvalue weighted by Gasteiger charge is -1.98. The van der Waals surface area contributed by atoms with Crippen LogP contribution in [0.25, 0.3) is 0 Å². The van der Waals surface area contributed by atoms with Crippen molar-refractivity contribution < 1.29 is 0 Å². The van der Waals surface area contributed by atoms with Crippen molar-refractivity contribution in [1.82, 2.24) is 9.55 Å². The Bertz CT molecular complexity index is 438. The van der Waals surface area contributed by atoms with E-state index in [1.807, 2.05) is 22.6 Å². The molecular weight excluding hydrogens is 271 g/mol. The highest BCUT2D eigenvalue weighted by Crippen LogP contribution is 1.91. The van der Waals surface area contributed by atoms with Crippen LogP contribution in [0.15, 0.2) is 15.8 Å². The quantitative estimate of drug-likeness (QED) is 0.569. The predicted octanol–water partition coefficient (Wildman–Crippen LogP) is -0.226. The number of halogens is 1. The second kappa shape index (κ2) is 3.58. The van der Waals surface area contributed by atoms with Crippen molar-refractivity contribution in [3.8, 4) is 12.3 Å². The molecule has 0 aliphatic carbocycles. The van der Waals surface area contributed by atoms with Gasteiger partial charge in [0.25, 0.3) is 5.56 Å². The van der Waals surface area contributed by atoms with Gasteiger partial charge in [0.05, 0.1) is 10.1 Å². The van der Waals surface area contributed by atoms with E-state index in [-0.39, 0.29) is 12.1 Å². The second-order valence-corrected chi connectivity index (χ2v) is 3.23. The summed E-state index contributed by atoms with van der Waals surface area (Å²) in [4.78, 5) is 24.0. The number of aromatic nitrogens is 2. The molecule has 0 aliphatic rings. The van der Waals surface area contributed by atoms with E-state index in [4.69, 9.17) is 6.42 Å². The van der Waals surface area contributed by atoms with Gasteiger partial charge in [0.1, 0.15) is 0 Å². The molecule has 0 aromatic carbocycles. The normalized spacial score (nSPS) is 9.33. The Kier molecular flexibility index (Phi) is 2.70. The van der Waals surface area contributed by atoms with Gasteiger partial charge in [-0.15, -0.1) is 6.42 Å². The minimum atomic E-state index is -0.474. The highest BCUT2D eigenvalue weighted by Gasteiger charge is 1.98. The lowest BCUT2D eigenvalue weighted by atomic mass is 10.6. The number of hydrogen-bond acceptors (Lipinski definition) is 2. The first-order chi connectivity index (χ1) is 5.65. The van der Waals surface area contributed by atoms with Gasteiger partial charge in [0.2, 0.25) is 0 Å². The number of H-pyrrole nitrogens is 1. The van der Waals surface area contributed by atoms with E-state index < -0.39 is 5.69 Å². The topological polar surface area (TPSA) is 54.9 Å². The molecule has 1 N–H and O–H groups in total. The molecule has 1 aromatic rings. The Morgan fingerprint density at radius 2 is 2.33 bits per heavy atom. The molecule has 1 heterocycles. The Labute approximate surface area is 81.8 Å². The Morgan fingerprint density at radius 3 is 2.92 bits per heavy atom. The fourth-order valence-corrected chi connectivity index (χ4v) is 1.17. The summed E-state index contributed by atoms with van der Waals surface area (Å²) in [6.45, 7) is 0.172. The monoisotopic (exact) mass is 276 g/mol. The van der Waals surface area contributed by atoms with E-state index in [1.165, 1.54) is 10.8 Å². The molecule has 0 spiro atoms. The van der Waals surface area contributed by atoms with Crippen LogP contribution >= 0.6 is 22.6 Å². The zero-order chi connectivity index (χ0) is 9.14. The van der Waals surface area contributed by atoms with Crippen molar-refractivity contribution in [2.45, 2.75) is 6.54 Å². The van der Waals surface area contributed by atoms with Gasteiger partial charge < -0.3 is 0 Å². The fourth-order valence-electron chi connectivity index (χ4n) is 0.699. The molecule has 0 aliphatic heterocycles. The van der Waals surface area contributed by atoms with Crippen LogP contribution in [0.4, 0.5) is 0 Å². The SMILES string of the molecule is C#CCn1cc(I)c(=O)[nH]c1=O. The standard InChI is InChI=1S/C7H5IN2O2/c1-2-3-10-4-5(8)6(11)9-7(10)12/h1,4H,3H2,(H,9,11,12). The number of hydrogen-bond donors (Lipinski definition) is 1. The van der Waals surface area contributed by atoms with Crippen molar-refractivity contribution in [3.63, 3.8) is 0 Å². The van der Waals surface area contributed by atoms with Gasteiger partial charge >= 0.3 is 5.69 Å². The van der Waals surface area contributed by atoms with Crippen molar-refractivity contribution in [1.29, 1.82) is 0 Å². The Balaban J connectivity index is 3.35. The van der Waals surface area contributed by atoms with Crippen molar-refractivity contribution in [2.24, 2.45) is 0 Å². The maximum Gasteiger partial charge on any atom is 0.329 e. The van der Waals surface area contributed by atoms with Gasteiger partial charge in [-0.25, -0.2) is 4.79 Å². The minimum Gasteiger partial charge on any atom is -0.288 e. The summed E-state index contributed by atoms with van der Waals surface area (Å²) >= 11 is 1.83. The number of aromatic amines is 1. The molecule has 0 saturated heterocycles. The molecule has 0 fully saturated rings. The van der Waals surface area contributed by atoms with Crippen molar-refractivity contribution >= 4 is 22.6 Å². The lowest BCUT2D eigenvalue weighted by Crippen LogP contribution is -2.30. The van der Waals surface area contributed by atoms with Crippen LogP contribution in [0.1, 0.15) is 0 Å². The average molecular weight is 276 g/mol. The first kappa shape index (κ1) is 9.06. The molecule has 1 aromatic heterocycles. The minimum absolute atomic E-state index is 0.172. The number of terminal acetylenes is 1. The molecule has 4 nitrogen and oxygen atoms in total. The van der Waals surface area contributed by atoms with Crippen LogP contribution < -0.4 is 11.2 Å². The van der Waals surface area contributed by atoms with E-state index in [1.54, 1.807) is 0 Å². The van der Waals surface area contributed by atoms with E-state index in [0.29, 0.717) is 3.57 Å². The van der Waals surface area contributed by atoms with Crippen molar-refractivity contribution in [3.05, 3.63) is 30.6 Å². The Morgan fingerprint density at radius 1 is 1.67 bits per heavy atom. The summed E-state index contributed by atoms with van der Waals surface area (Å²) in [5.74, 6) is 2.31. The zero-order valence-electron chi connectivity index (χ0n) is 6.00. The largest absolute Gasteiger partial charge is 0.329 e. The summed E-state index contributed by atoms with van der Waals surface area (Å²) in [7, 11) is 0. The third kappa shape index (κ3) is 1.76. The number of rotatable bonds is 1. The maximum absolute atomic E-state index is 11.0. The molecule has 12 heavy (non-hydrogen) atoms. The van der Waals surface area contributed by atoms with E-state index in [2.05, 4.69) is 10.9 Å². The third-order valence-electron chi connectivity index (χ3n) is 1.23. The van der Waals surface area contributed by atoms with Gasteiger partial charge in [0, 0.05) is 6.20 Å². The summed E-state index contributed by atoms with van der Waals surface area (Å²) in [6, 6.07) is 0. The molecule has 62 valence electrons. The lowest BCUT2D eigenvalue weighted by molar-refractivity contribution is 0.744. The van der Waals surface area contributed by atoms with Crippen LogP contribution in [0.3, 0.4) is 0 Å². The average Bonchev–Trinajstić information content (AvgIpc) is 2.01. The molecule has 0 radical (unpaired) electrons. The maximum atomic E-state index is 11.0. The molecule has 0 saturated carbocycles. The molecule has 5 heteroatoms. The van der Waals surface area contributed by atoms with Crippen LogP contribution in [-0.4, -0.2) is 9.55 Å². The Hall–Kier alpha value is -1.03. The molecule has 0 unspecified atom stereocenters. The van der Waals surface area contributed by atoms with Gasteiger partial charge in [-0.05, 0) is 22.6 Å². The van der Waals surface area contributed by atoms with Crippen LogP contribution in [0.5, 0.6) is 0 Å². The predicted molar refractivity (Wildman–Crippen MR) is 52.9 cm³/mol. The number of nitrogens with zero attached hydrogens (tertiary/aromatic N) is 1. The summed E-state index contributed by atoms with van der Waals surface area (Å²) in [5.41, 5.74) is -0.854. The fraction of sp³-hybridized carbons (Fsp3) is 0.143. The van der Waals surface area contributed by atoms with E-state index >= 15 is 0 Å². The smallest absolute Gasteiger partial charge is 0.288 e. The van der Waals surface area contributed by atoms with Crippen LogP contribution in [0, 0.1) is 15.9 Å². The molecule has 0 amide bonds. The second-order valence-electron chi connectivity index (χ2n) is 2.07.